The molecule has 172 valence electrons. The molecule has 0 fully saturated rings. The van der Waals surface area contributed by atoms with Gasteiger partial charge in [-0.3, -0.25) is 4.79 Å². The summed E-state index contributed by atoms with van der Waals surface area (Å²) in [7, 11) is 0. The van der Waals surface area contributed by atoms with Crippen LogP contribution in [-0.4, -0.2) is 23.9 Å². The van der Waals surface area contributed by atoms with Gasteiger partial charge in [0.05, 0.1) is 6.42 Å². The smallest absolute Gasteiger partial charge is 0.227 e. The second-order valence-electron chi connectivity index (χ2n) is 8.71. The molecule has 0 unspecified atom stereocenters. The molecule has 0 atom stereocenters. The third-order valence-corrected chi connectivity index (χ3v) is 6.12. The van der Waals surface area contributed by atoms with E-state index in [2.05, 4.69) is 24.8 Å². The number of carbonyl (C=O) groups is 1. The van der Waals surface area contributed by atoms with Gasteiger partial charge in [-0.1, -0.05) is 70.6 Å². The van der Waals surface area contributed by atoms with Gasteiger partial charge in [0.2, 0.25) is 5.91 Å². The Kier molecular flexibility index (Phi) is 9.21. The van der Waals surface area contributed by atoms with E-state index in [0.29, 0.717) is 12.1 Å². The van der Waals surface area contributed by atoms with Crippen molar-refractivity contribution < 1.29 is 9.21 Å². The van der Waals surface area contributed by atoms with E-state index in [-0.39, 0.29) is 5.91 Å². The molecule has 4 heteroatoms. The van der Waals surface area contributed by atoms with Crippen LogP contribution in [0.4, 0.5) is 5.69 Å². The number of nitrogens with two attached hydrogens (primary N) is 1. The highest BCUT2D eigenvalue weighted by molar-refractivity contribution is 5.93. The van der Waals surface area contributed by atoms with Gasteiger partial charge in [0.25, 0.3) is 0 Å². The molecule has 4 nitrogen and oxygen atoms in total. The first-order valence-electron chi connectivity index (χ1n) is 12.3. The largest absolute Gasteiger partial charge is 0.456 e. The first kappa shape index (κ1) is 23.9. The van der Waals surface area contributed by atoms with Crippen LogP contribution in [0.1, 0.15) is 70.8 Å². The summed E-state index contributed by atoms with van der Waals surface area (Å²) in [6, 6.07) is 15.7. The zero-order valence-corrected chi connectivity index (χ0v) is 19.7. The number of rotatable bonds is 13. The first-order chi connectivity index (χ1) is 15.6. The molecule has 0 radical (unpaired) electrons. The molecule has 0 spiro atoms. The zero-order chi connectivity index (χ0) is 22.8. The van der Waals surface area contributed by atoms with E-state index in [1.54, 1.807) is 0 Å². The molecule has 1 heterocycles. The molecule has 0 aliphatic carbocycles. The molecular weight excluding hydrogens is 396 g/mol. The molecule has 2 aromatic carbocycles. The van der Waals surface area contributed by atoms with E-state index >= 15 is 0 Å². The number of amides is 1. The Morgan fingerprint density at radius 2 is 1.47 bits per heavy atom. The zero-order valence-electron chi connectivity index (χ0n) is 19.7. The van der Waals surface area contributed by atoms with Crippen LogP contribution in [0.3, 0.4) is 0 Å². The molecule has 0 aliphatic rings. The number of benzene rings is 2. The lowest BCUT2D eigenvalue weighted by atomic mass is 10.0. The number of nitrogens with zero attached hydrogens (tertiary/aromatic N) is 1. The van der Waals surface area contributed by atoms with Crippen molar-refractivity contribution in [2.75, 3.05) is 18.8 Å². The molecule has 0 aliphatic heterocycles. The van der Waals surface area contributed by atoms with E-state index in [9.17, 15) is 4.79 Å². The number of fused-ring (bicyclic) bond motifs is 1. The van der Waals surface area contributed by atoms with Crippen molar-refractivity contribution in [3.05, 3.63) is 54.1 Å². The van der Waals surface area contributed by atoms with Gasteiger partial charge in [0, 0.05) is 35.3 Å². The van der Waals surface area contributed by atoms with Crippen LogP contribution in [0, 0.1) is 0 Å². The lowest BCUT2D eigenvalue weighted by molar-refractivity contribution is -0.130. The normalized spacial score (nSPS) is 11.2. The Hall–Kier alpha value is -2.75. The van der Waals surface area contributed by atoms with Crippen molar-refractivity contribution in [2.24, 2.45) is 0 Å². The van der Waals surface area contributed by atoms with Crippen LogP contribution in [-0.2, 0) is 11.2 Å². The first-order valence-corrected chi connectivity index (χ1v) is 12.3. The highest BCUT2D eigenvalue weighted by Crippen LogP contribution is 2.34. The van der Waals surface area contributed by atoms with Gasteiger partial charge in [0.1, 0.15) is 11.3 Å². The summed E-state index contributed by atoms with van der Waals surface area (Å²) in [6.07, 6.45) is 9.73. The average molecular weight is 435 g/mol. The maximum atomic E-state index is 13.5. The minimum atomic E-state index is 0.196. The maximum Gasteiger partial charge on any atom is 0.227 e. The SMILES string of the molecule is CCCCCCN(CCCCCC)C(=O)Cc1c(-c2ccc(N)cc2)oc2ccccc12. The topological polar surface area (TPSA) is 59.5 Å². The Bertz CT molecular complexity index is 963. The monoisotopic (exact) mass is 434 g/mol. The predicted molar refractivity (Wildman–Crippen MR) is 135 cm³/mol. The van der Waals surface area contributed by atoms with Gasteiger partial charge in [-0.2, -0.15) is 0 Å². The summed E-state index contributed by atoms with van der Waals surface area (Å²) in [5.41, 5.74) is 9.35. The fourth-order valence-corrected chi connectivity index (χ4v) is 4.23. The second-order valence-corrected chi connectivity index (χ2v) is 8.71. The van der Waals surface area contributed by atoms with Crippen molar-refractivity contribution in [1.82, 2.24) is 4.90 Å². The highest BCUT2D eigenvalue weighted by Gasteiger charge is 2.21. The van der Waals surface area contributed by atoms with Crippen LogP contribution >= 0.6 is 0 Å². The number of nitrogen functional groups attached to an aromatic ring is 1. The molecule has 3 aromatic rings. The summed E-state index contributed by atoms with van der Waals surface area (Å²) in [6.45, 7) is 6.13. The minimum absolute atomic E-state index is 0.196. The van der Waals surface area contributed by atoms with Gasteiger partial charge in [-0.25, -0.2) is 0 Å². The number of furan rings is 1. The average Bonchev–Trinajstić information content (AvgIpc) is 3.16. The Morgan fingerprint density at radius 1 is 0.844 bits per heavy atom. The maximum absolute atomic E-state index is 13.5. The molecule has 0 saturated heterocycles. The van der Waals surface area contributed by atoms with Crippen LogP contribution in [0.25, 0.3) is 22.3 Å². The number of anilines is 1. The second kappa shape index (κ2) is 12.3. The quantitative estimate of drug-likeness (QED) is 0.228. The molecule has 0 bridgehead atoms. The number of hydrogen-bond donors (Lipinski definition) is 1. The van der Waals surface area contributed by atoms with Crippen molar-refractivity contribution in [1.29, 1.82) is 0 Å². The van der Waals surface area contributed by atoms with Crippen LogP contribution in [0.2, 0.25) is 0 Å². The predicted octanol–water partition coefficient (Wildman–Crippen LogP) is 7.21. The molecule has 3 rings (SSSR count). The Morgan fingerprint density at radius 3 is 2.09 bits per heavy atom. The molecule has 2 N–H and O–H groups in total. The van der Waals surface area contributed by atoms with Gasteiger partial charge in [-0.05, 0) is 43.2 Å². The van der Waals surface area contributed by atoms with Crippen LogP contribution < -0.4 is 5.73 Å². The highest BCUT2D eigenvalue weighted by atomic mass is 16.3. The van der Waals surface area contributed by atoms with Gasteiger partial charge >= 0.3 is 0 Å². The van der Waals surface area contributed by atoms with Gasteiger partial charge in [-0.15, -0.1) is 0 Å². The minimum Gasteiger partial charge on any atom is -0.456 e. The van der Waals surface area contributed by atoms with Crippen molar-refractivity contribution in [3.63, 3.8) is 0 Å². The van der Waals surface area contributed by atoms with Crippen molar-refractivity contribution >= 4 is 22.6 Å². The summed E-state index contributed by atoms with van der Waals surface area (Å²) in [5, 5.41) is 1.02. The number of unbranched alkanes of at least 4 members (excludes halogenated alkanes) is 6. The summed E-state index contributed by atoms with van der Waals surface area (Å²) in [4.78, 5) is 15.6. The summed E-state index contributed by atoms with van der Waals surface area (Å²) >= 11 is 0. The van der Waals surface area contributed by atoms with Crippen LogP contribution in [0.5, 0.6) is 0 Å². The number of carbonyl (C=O) groups excluding carboxylic acids is 1. The fraction of sp³-hybridized carbons (Fsp3) is 0.464. The Labute approximate surface area is 192 Å². The van der Waals surface area contributed by atoms with Crippen molar-refractivity contribution in [3.8, 4) is 11.3 Å². The standard InChI is InChI=1S/C28H38N2O2/c1-3-5-7-11-19-30(20-12-8-6-4-2)27(31)21-25-24-13-9-10-14-26(24)32-28(25)22-15-17-23(29)18-16-22/h9-10,13-18H,3-8,11-12,19-21,29H2,1-2H3. The molecule has 1 aromatic heterocycles. The van der Waals surface area contributed by atoms with E-state index in [1.807, 2.05) is 42.5 Å². The summed E-state index contributed by atoms with van der Waals surface area (Å²) < 4.78 is 6.22. The number of para-hydroxylation sites is 1. The third-order valence-electron chi connectivity index (χ3n) is 6.12. The lowest BCUT2D eigenvalue weighted by Crippen LogP contribution is -2.34. The lowest BCUT2D eigenvalue weighted by Gasteiger charge is -2.23. The van der Waals surface area contributed by atoms with Gasteiger partial charge < -0.3 is 15.1 Å². The third kappa shape index (κ3) is 6.38. The van der Waals surface area contributed by atoms with E-state index in [0.717, 1.165) is 53.8 Å². The molecule has 0 saturated carbocycles. The van der Waals surface area contributed by atoms with E-state index in [1.165, 1.54) is 38.5 Å². The van der Waals surface area contributed by atoms with E-state index < -0.39 is 0 Å². The van der Waals surface area contributed by atoms with Crippen LogP contribution in [0.15, 0.2) is 52.9 Å². The summed E-state index contributed by atoms with van der Waals surface area (Å²) in [5.74, 6) is 0.970. The van der Waals surface area contributed by atoms with E-state index in [4.69, 9.17) is 10.2 Å². The fourth-order valence-electron chi connectivity index (χ4n) is 4.23. The number of hydrogen-bond acceptors (Lipinski definition) is 3. The molecule has 1 amide bonds. The molecule has 32 heavy (non-hydrogen) atoms. The van der Waals surface area contributed by atoms with Gasteiger partial charge in [0.15, 0.2) is 0 Å². The Balaban J connectivity index is 1.83. The van der Waals surface area contributed by atoms with Crippen molar-refractivity contribution in [2.45, 2.75) is 71.6 Å². The molecular formula is C28H38N2O2.